The van der Waals surface area contributed by atoms with Crippen LogP contribution in [0.4, 0.5) is 0 Å². The Labute approximate surface area is 116 Å². The summed E-state index contributed by atoms with van der Waals surface area (Å²) in [5, 5.41) is 0. The fourth-order valence-electron chi connectivity index (χ4n) is 3.10. The van der Waals surface area contributed by atoms with Crippen LogP contribution in [0.5, 0.6) is 0 Å². The lowest BCUT2D eigenvalue weighted by Crippen LogP contribution is -2.38. The summed E-state index contributed by atoms with van der Waals surface area (Å²) in [7, 11) is 0. The largest absolute Gasteiger partial charge is 0.341 e. The molecule has 0 aromatic carbocycles. The van der Waals surface area contributed by atoms with Gasteiger partial charge in [0.2, 0.25) is 5.91 Å². The molecule has 1 heterocycles. The zero-order valence-corrected chi connectivity index (χ0v) is 12.0. The number of rotatable bonds is 3. The van der Waals surface area contributed by atoms with Crippen LogP contribution in [0.15, 0.2) is 0 Å². The molecule has 1 amide bonds. The normalized spacial score (nSPS) is 22.6. The standard InChI is InChI=1S/C13H25N3O.ClH/c14-7-6-13(17)16-9-3-8-15(10-11-16)12-4-1-2-5-12;/h12H,1-11,14H2;1H. The minimum absolute atomic E-state index is 0. The van der Waals surface area contributed by atoms with Gasteiger partial charge in [-0.3, -0.25) is 9.69 Å². The molecule has 1 aliphatic carbocycles. The van der Waals surface area contributed by atoms with Crippen molar-refractivity contribution in [2.24, 2.45) is 5.73 Å². The first-order valence-corrected chi connectivity index (χ1v) is 7.03. The number of halogens is 1. The van der Waals surface area contributed by atoms with Gasteiger partial charge < -0.3 is 10.6 Å². The molecule has 1 saturated heterocycles. The van der Waals surface area contributed by atoms with Gasteiger partial charge in [-0.05, 0) is 19.3 Å². The number of hydrogen-bond acceptors (Lipinski definition) is 3. The smallest absolute Gasteiger partial charge is 0.223 e. The van der Waals surface area contributed by atoms with Gasteiger partial charge in [-0.25, -0.2) is 0 Å². The van der Waals surface area contributed by atoms with Gasteiger partial charge in [0, 0.05) is 45.2 Å². The highest BCUT2D eigenvalue weighted by atomic mass is 35.5. The summed E-state index contributed by atoms with van der Waals surface area (Å²) in [6.07, 6.45) is 7.11. The second-order valence-corrected chi connectivity index (χ2v) is 5.25. The minimum atomic E-state index is 0. The number of amides is 1. The van der Waals surface area contributed by atoms with Gasteiger partial charge in [0.1, 0.15) is 0 Å². The van der Waals surface area contributed by atoms with Crippen molar-refractivity contribution in [1.82, 2.24) is 9.80 Å². The molecule has 1 saturated carbocycles. The summed E-state index contributed by atoms with van der Waals surface area (Å²) in [6, 6.07) is 0.791. The van der Waals surface area contributed by atoms with Gasteiger partial charge in [0.25, 0.3) is 0 Å². The summed E-state index contributed by atoms with van der Waals surface area (Å²) in [6.45, 7) is 4.51. The van der Waals surface area contributed by atoms with Crippen LogP contribution in [0, 0.1) is 0 Å². The predicted molar refractivity (Wildman–Crippen MR) is 75.9 cm³/mol. The number of nitrogens with two attached hydrogens (primary N) is 1. The van der Waals surface area contributed by atoms with Crippen molar-refractivity contribution in [2.75, 3.05) is 32.7 Å². The molecule has 18 heavy (non-hydrogen) atoms. The molecule has 5 heteroatoms. The number of carbonyl (C=O) groups excluding carboxylic acids is 1. The van der Waals surface area contributed by atoms with E-state index in [4.69, 9.17) is 5.73 Å². The van der Waals surface area contributed by atoms with Crippen LogP contribution in [-0.2, 0) is 4.79 Å². The van der Waals surface area contributed by atoms with Crippen LogP contribution in [0.1, 0.15) is 38.5 Å². The molecule has 0 aromatic heterocycles. The minimum Gasteiger partial charge on any atom is -0.341 e. The second-order valence-electron chi connectivity index (χ2n) is 5.25. The van der Waals surface area contributed by atoms with Gasteiger partial charge in [0.05, 0.1) is 0 Å². The van der Waals surface area contributed by atoms with Gasteiger partial charge >= 0.3 is 0 Å². The zero-order chi connectivity index (χ0) is 12.1. The van der Waals surface area contributed by atoms with Gasteiger partial charge in [-0.2, -0.15) is 0 Å². The number of carbonyl (C=O) groups is 1. The lowest BCUT2D eigenvalue weighted by atomic mass is 10.2. The SMILES string of the molecule is Cl.NCCC(=O)N1CCCN(C2CCCC2)CC1. The lowest BCUT2D eigenvalue weighted by molar-refractivity contribution is -0.130. The molecule has 2 N–H and O–H groups in total. The molecule has 4 nitrogen and oxygen atoms in total. The van der Waals surface area contributed by atoms with Crippen molar-refractivity contribution < 1.29 is 4.79 Å². The summed E-state index contributed by atoms with van der Waals surface area (Å²) >= 11 is 0. The van der Waals surface area contributed by atoms with Gasteiger partial charge in [-0.1, -0.05) is 12.8 Å². The van der Waals surface area contributed by atoms with Crippen LogP contribution in [0.3, 0.4) is 0 Å². The van der Waals surface area contributed by atoms with Crippen molar-refractivity contribution in [3.63, 3.8) is 0 Å². The fourth-order valence-corrected chi connectivity index (χ4v) is 3.10. The fraction of sp³-hybridized carbons (Fsp3) is 0.923. The van der Waals surface area contributed by atoms with Crippen molar-refractivity contribution in [3.8, 4) is 0 Å². The van der Waals surface area contributed by atoms with E-state index in [-0.39, 0.29) is 18.3 Å². The van der Waals surface area contributed by atoms with Crippen molar-refractivity contribution >= 4 is 18.3 Å². The van der Waals surface area contributed by atoms with Crippen molar-refractivity contribution in [1.29, 1.82) is 0 Å². The van der Waals surface area contributed by atoms with Crippen molar-refractivity contribution in [2.45, 2.75) is 44.6 Å². The molecular weight excluding hydrogens is 250 g/mol. The van der Waals surface area contributed by atoms with Crippen LogP contribution < -0.4 is 5.73 Å². The van der Waals surface area contributed by atoms with E-state index in [0.29, 0.717) is 13.0 Å². The third-order valence-electron chi connectivity index (χ3n) is 4.08. The van der Waals surface area contributed by atoms with E-state index < -0.39 is 0 Å². The van der Waals surface area contributed by atoms with Gasteiger partial charge in [0.15, 0.2) is 0 Å². The van der Waals surface area contributed by atoms with E-state index in [9.17, 15) is 4.79 Å². The maximum Gasteiger partial charge on any atom is 0.223 e. The van der Waals surface area contributed by atoms with E-state index in [1.165, 1.54) is 25.7 Å². The van der Waals surface area contributed by atoms with E-state index in [0.717, 1.165) is 38.6 Å². The van der Waals surface area contributed by atoms with Gasteiger partial charge in [-0.15, -0.1) is 12.4 Å². The van der Waals surface area contributed by atoms with E-state index in [2.05, 4.69) is 4.90 Å². The maximum atomic E-state index is 11.8. The summed E-state index contributed by atoms with van der Waals surface area (Å²) in [5.41, 5.74) is 5.44. The summed E-state index contributed by atoms with van der Waals surface area (Å²) < 4.78 is 0. The average molecular weight is 276 g/mol. The molecule has 0 bridgehead atoms. The Bertz CT molecular complexity index is 257. The van der Waals surface area contributed by atoms with E-state index in [1.54, 1.807) is 0 Å². The molecule has 2 rings (SSSR count). The van der Waals surface area contributed by atoms with E-state index in [1.807, 2.05) is 4.90 Å². The monoisotopic (exact) mass is 275 g/mol. The Morgan fingerprint density at radius 1 is 1.06 bits per heavy atom. The third-order valence-corrected chi connectivity index (χ3v) is 4.08. The topological polar surface area (TPSA) is 49.6 Å². The summed E-state index contributed by atoms with van der Waals surface area (Å²) in [4.78, 5) is 16.4. The molecule has 0 aromatic rings. The number of nitrogens with zero attached hydrogens (tertiary/aromatic N) is 2. The second kappa shape index (κ2) is 7.97. The Balaban J connectivity index is 0.00000162. The lowest BCUT2D eigenvalue weighted by Gasteiger charge is -2.27. The average Bonchev–Trinajstić information content (AvgIpc) is 2.74. The highest BCUT2D eigenvalue weighted by Crippen LogP contribution is 2.24. The van der Waals surface area contributed by atoms with Crippen LogP contribution in [0.25, 0.3) is 0 Å². The Kier molecular flexibility index (Phi) is 6.97. The van der Waals surface area contributed by atoms with Crippen LogP contribution in [-0.4, -0.2) is 54.5 Å². The predicted octanol–water partition coefficient (Wildman–Crippen LogP) is 1.23. The van der Waals surface area contributed by atoms with Crippen molar-refractivity contribution in [3.05, 3.63) is 0 Å². The quantitative estimate of drug-likeness (QED) is 0.843. The zero-order valence-electron chi connectivity index (χ0n) is 11.1. The third kappa shape index (κ3) is 4.11. The Morgan fingerprint density at radius 3 is 2.44 bits per heavy atom. The molecule has 106 valence electrons. The first kappa shape index (κ1) is 15.7. The first-order chi connectivity index (χ1) is 8.31. The van der Waals surface area contributed by atoms with Crippen LogP contribution in [0.2, 0.25) is 0 Å². The molecular formula is C13H26ClN3O. The molecule has 1 aliphatic heterocycles. The number of hydrogen-bond donors (Lipinski definition) is 1. The highest BCUT2D eigenvalue weighted by Gasteiger charge is 2.25. The molecule has 0 atom stereocenters. The Hall–Kier alpha value is -0.320. The highest BCUT2D eigenvalue weighted by molar-refractivity contribution is 5.85. The molecule has 0 spiro atoms. The molecule has 2 aliphatic rings. The molecule has 0 radical (unpaired) electrons. The first-order valence-electron chi connectivity index (χ1n) is 7.03. The Morgan fingerprint density at radius 2 is 1.78 bits per heavy atom. The van der Waals surface area contributed by atoms with E-state index >= 15 is 0 Å². The molecule has 2 fully saturated rings. The molecule has 0 unspecified atom stereocenters. The van der Waals surface area contributed by atoms with Crippen LogP contribution >= 0.6 is 12.4 Å². The maximum absolute atomic E-state index is 11.8. The summed E-state index contributed by atoms with van der Waals surface area (Å²) in [5.74, 6) is 0.237.